The Labute approximate surface area is 155 Å². The number of hydrogen-bond donors (Lipinski definition) is 0. The van der Waals surface area contributed by atoms with Gasteiger partial charge in [0.15, 0.2) is 6.77 Å². The molecule has 0 spiro atoms. The molecule has 0 bridgehead atoms. The summed E-state index contributed by atoms with van der Waals surface area (Å²) in [6.45, 7) is 2.29. The molecule has 0 saturated carbocycles. The number of amidine groups is 2. The molecule has 0 amide bonds. The van der Waals surface area contributed by atoms with E-state index in [-0.39, 0.29) is 5.66 Å². The topological polar surface area (TPSA) is 31.2 Å². The van der Waals surface area contributed by atoms with Crippen LogP contribution in [0.5, 0.6) is 0 Å². The van der Waals surface area contributed by atoms with E-state index in [2.05, 4.69) is 34.1 Å². The molecule has 0 radical (unpaired) electrons. The SMILES string of the molecule is [S-][P+]1(C2C=CC=C2)N=C(N2CCCCC2)SC(N2CCCCC2)=N1. The van der Waals surface area contributed by atoms with Crippen molar-refractivity contribution in [3.63, 3.8) is 0 Å². The van der Waals surface area contributed by atoms with Crippen LogP contribution >= 0.6 is 18.5 Å². The normalized spacial score (nSPS) is 27.4. The van der Waals surface area contributed by atoms with Gasteiger partial charge in [0.1, 0.15) is 5.66 Å². The molecule has 4 rings (SSSR count). The zero-order valence-electron chi connectivity index (χ0n) is 14.0. The van der Waals surface area contributed by atoms with Gasteiger partial charge >= 0.3 is 0 Å². The first-order valence-electron chi connectivity index (χ1n) is 9.08. The zero-order chi connectivity index (χ0) is 16.4. The maximum absolute atomic E-state index is 6.07. The standard InChI is InChI=1S/C17H25N4PS2/c23-22(15-9-3-4-10-15)18-16(20-11-5-1-6-12-20)24-17(19-22)21-13-7-2-8-14-21/h3-4,9-10,15H,1-2,5-8,11-14H2. The molecule has 130 valence electrons. The summed E-state index contributed by atoms with van der Waals surface area (Å²) >= 11 is 7.84. The van der Waals surface area contributed by atoms with Gasteiger partial charge in [0.25, 0.3) is 0 Å². The number of allylic oxidation sites excluding steroid dienone is 4. The Morgan fingerprint density at radius 2 is 1.29 bits per heavy atom. The first kappa shape index (κ1) is 17.0. The van der Waals surface area contributed by atoms with Crippen LogP contribution in [-0.2, 0) is 12.2 Å². The molecule has 0 aromatic rings. The Morgan fingerprint density at radius 3 is 1.75 bits per heavy atom. The molecule has 0 N–H and O–H groups in total. The molecule has 4 aliphatic rings. The van der Waals surface area contributed by atoms with Crippen LogP contribution in [0.25, 0.3) is 0 Å². The summed E-state index contributed by atoms with van der Waals surface area (Å²) in [6.07, 6.45) is 16.3. The maximum atomic E-state index is 6.07. The van der Waals surface area contributed by atoms with E-state index >= 15 is 0 Å². The third kappa shape index (κ3) is 3.56. The number of rotatable bonds is 1. The first-order chi connectivity index (χ1) is 11.7. The minimum atomic E-state index is -2.18. The lowest BCUT2D eigenvalue weighted by Gasteiger charge is -2.38. The number of nitrogens with zero attached hydrogens (tertiary/aromatic N) is 4. The summed E-state index contributed by atoms with van der Waals surface area (Å²) in [5.41, 5.74) is 0.202. The van der Waals surface area contributed by atoms with Crippen molar-refractivity contribution in [3.05, 3.63) is 24.3 Å². The van der Waals surface area contributed by atoms with Gasteiger partial charge in [0.05, 0.1) is 0 Å². The summed E-state index contributed by atoms with van der Waals surface area (Å²) in [5, 5.41) is 2.28. The molecule has 7 heteroatoms. The highest BCUT2D eigenvalue weighted by atomic mass is 32.7. The molecule has 0 aromatic carbocycles. The molecule has 0 unspecified atom stereocenters. The Balaban J connectivity index is 1.63. The molecule has 24 heavy (non-hydrogen) atoms. The van der Waals surface area contributed by atoms with Crippen LogP contribution in [0.15, 0.2) is 33.8 Å². The third-order valence-corrected chi connectivity index (χ3v) is 9.64. The Hall–Kier alpha value is -0.450. The summed E-state index contributed by atoms with van der Waals surface area (Å²) in [6, 6.07) is 0. The predicted molar refractivity (Wildman–Crippen MR) is 110 cm³/mol. The Bertz CT molecular complexity index is 543. The average Bonchev–Trinajstić information content (AvgIpc) is 3.18. The highest BCUT2D eigenvalue weighted by molar-refractivity contribution is 8.43. The molecule has 0 atom stereocenters. The molecule has 3 heterocycles. The minimum absolute atomic E-state index is 0.202. The molecule has 3 aliphatic heterocycles. The fourth-order valence-corrected chi connectivity index (χ4v) is 8.35. The van der Waals surface area contributed by atoms with Crippen molar-refractivity contribution in [1.82, 2.24) is 9.80 Å². The lowest BCUT2D eigenvalue weighted by molar-refractivity contribution is 0.345. The van der Waals surface area contributed by atoms with Crippen LogP contribution in [0.4, 0.5) is 0 Å². The average molecular weight is 381 g/mol. The molecular weight excluding hydrogens is 355 g/mol. The molecule has 4 nitrogen and oxygen atoms in total. The molecule has 2 fully saturated rings. The molecule has 0 aromatic heterocycles. The van der Waals surface area contributed by atoms with E-state index in [9.17, 15) is 0 Å². The van der Waals surface area contributed by atoms with Crippen molar-refractivity contribution in [2.24, 2.45) is 9.53 Å². The smallest absolute Gasteiger partial charge is 0.209 e. The molecular formula is C17H25N4PS2. The number of likely N-dealkylation sites (tertiary alicyclic amines) is 2. The van der Waals surface area contributed by atoms with Crippen LogP contribution in [-0.4, -0.2) is 52.0 Å². The summed E-state index contributed by atoms with van der Waals surface area (Å²) < 4.78 is 10.2. The number of hydrogen-bond acceptors (Lipinski definition) is 6. The second-order valence-electron chi connectivity index (χ2n) is 6.81. The zero-order valence-corrected chi connectivity index (χ0v) is 16.5. The van der Waals surface area contributed by atoms with Crippen molar-refractivity contribution in [3.8, 4) is 0 Å². The van der Waals surface area contributed by atoms with Crippen LogP contribution in [0.2, 0.25) is 0 Å². The van der Waals surface area contributed by atoms with Gasteiger partial charge in [-0.15, -0.1) is 0 Å². The Morgan fingerprint density at radius 1 is 0.833 bits per heavy atom. The fraction of sp³-hybridized carbons (Fsp3) is 0.647. The highest BCUT2D eigenvalue weighted by Crippen LogP contribution is 2.68. The van der Waals surface area contributed by atoms with E-state index < -0.39 is 6.77 Å². The van der Waals surface area contributed by atoms with E-state index in [0.717, 1.165) is 36.5 Å². The fourth-order valence-electron chi connectivity index (χ4n) is 3.59. The van der Waals surface area contributed by atoms with Gasteiger partial charge in [-0.2, -0.15) is 0 Å². The minimum Gasteiger partial charge on any atom is -0.502 e. The van der Waals surface area contributed by atoms with E-state index in [1.54, 1.807) is 11.8 Å². The third-order valence-electron chi connectivity index (χ3n) is 5.01. The summed E-state index contributed by atoms with van der Waals surface area (Å²) in [7, 11) is 0. The molecule has 2 saturated heterocycles. The van der Waals surface area contributed by atoms with Crippen molar-refractivity contribution >= 4 is 41.1 Å². The van der Waals surface area contributed by atoms with E-state index in [4.69, 9.17) is 21.8 Å². The van der Waals surface area contributed by atoms with Crippen LogP contribution in [0.1, 0.15) is 38.5 Å². The van der Waals surface area contributed by atoms with E-state index in [1.807, 2.05) is 0 Å². The lowest BCUT2D eigenvalue weighted by Crippen LogP contribution is -2.40. The largest absolute Gasteiger partial charge is 0.502 e. The molecule has 1 aliphatic carbocycles. The van der Waals surface area contributed by atoms with E-state index in [1.165, 1.54) is 38.5 Å². The van der Waals surface area contributed by atoms with Crippen molar-refractivity contribution < 1.29 is 0 Å². The van der Waals surface area contributed by atoms with Gasteiger partial charge < -0.3 is 22.0 Å². The van der Waals surface area contributed by atoms with Crippen LogP contribution in [0.3, 0.4) is 0 Å². The van der Waals surface area contributed by atoms with Crippen molar-refractivity contribution in [2.75, 3.05) is 26.2 Å². The second kappa shape index (κ2) is 7.43. The number of thioether (sulfide) groups is 1. The van der Waals surface area contributed by atoms with Gasteiger partial charge in [-0.05, 0) is 62.4 Å². The van der Waals surface area contributed by atoms with Crippen LogP contribution < -0.4 is 0 Å². The van der Waals surface area contributed by atoms with Gasteiger partial charge in [-0.3, -0.25) is 0 Å². The number of piperidine rings is 2. The van der Waals surface area contributed by atoms with E-state index in [0.29, 0.717) is 0 Å². The lowest BCUT2D eigenvalue weighted by atomic mass is 10.1. The maximum Gasteiger partial charge on any atom is 0.209 e. The summed E-state index contributed by atoms with van der Waals surface area (Å²) in [4.78, 5) is 4.91. The second-order valence-corrected chi connectivity index (χ2v) is 11.5. The van der Waals surface area contributed by atoms with Crippen molar-refractivity contribution in [1.29, 1.82) is 0 Å². The predicted octanol–water partition coefficient (Wildman–Crippen LogP) is 4.22. The highest BCUT2D eigenvalue weighted by Gasteiger charge is 2.40. The Kier molecular flexibility index (Phi) is 5.26. The van der Waals surface area contributed by atoms with Gasteiger partial charge in [0.2, 0.25) is 10.3 Å². The van der Waals surface area contributed by atoms with Gasteiger partial charge in [0, 0.05) is 26.2 Å². The van der Waals surface area contributed by atoms with Gasteiger partial charge in [-0.1, -0.05) is 21.7 Å². The monoisotopic (exact) mass is 380 g/mol. The van der Waals surface area contributed by atoms with Gasteiger partial charge in [-0.25, -0.2) is 0 Å². The van der Waals surface area contributed by atoms with Crippen molar-refractivity contribution in [2.45, 2.75) is 44.2 Å². The first-order valence-corrected chi connectivity index (χ1v) is 12.7. The van der Waals surface area contributed by atoms with Crippen LogP contribution in [0, 0.1) is 0 Å². The summed E-state index contributed by atoms with van der Waals surface area (Å²) in [5.74, 6) is 0. The quantitative estimate of drug-likeness (QED) is 0.503.